The molecule has 1 fully saturated rings. The standard InChI is InChI=1S/C19H23NO/c1-5-15-13-16(17(21)14-9-7-6-8-10-14)20-18(2,3)11-12-19(15,20)4/h5-10,13,15H,1,11-12H2,2-4H3. The first-order valence-electron chi connectivity index (χ1n) is 7.65. The molecule has 0 bridgehead atoms. The molecule has 2 aliphatic rings. The largest absolute Gasteiger partial charge is 0.357 e. The van der Waals surface area contributed by atoms with Crippen LogP contribution in [-0.4, -0.2) is 21.8 Å². The Morgan fingerprint density at radius 2 is 1.90 bits per heavy atom. The van der Waals surface area contributed by atoms with Crippen molar-refractivity contribution in [3.05, 3.63) is 60.3 Å². The highest BCUT2D eigenvalue weighted by Gasteiger charge is 2.55. The van der Waals surface area contributed by atoms with Crippen molar-refractivity contribution in [2.75, 3.05) is 0 Å². The molecule has 2 aliphatic heterocycles. The molecule has 3 rings (SSSR count). The molecule has 21 heavy (non-hydrogen) atoms. The van der Waals surface area contributed by atoms with E-state index in [0.29, 0.717) is 0 Å². The summed E-state index contributed by atoms with van der Waals surface area (Å²) in [4.78, 5) is 15.3. The summed E-state index contributed by atoms with van der Waals surface area (Å²) < 4.78 is 0. The minimum Gasteiger partial charge on any atom is -0.357 e. The van der Waals surface area contributed by atoms with E-state index in [9.17, 15) is 4.79 Å². The van der Waals surface area contributed by atoms with Crippen molar-refractivity contribution in [3.63, 3.8) is 0 Å². The van der Waals surface area contributed by atoms with Gasteiger partial charge in [-0.15, -0.1) is 6.58 Å². The highest BCUT2D eigenvalue weighted by Crippen LogP contribution is 2.52. The number of benzene rings is 1. The highest BCUT2D eigenvalue weighted by molar-refractivity contribution is 6.08. The van der Waals surface area contributed by atoms with Gasteiger partial charge in [-0.3, -0.25) is 4.79 Å². The zero-order valence-corrected chi connectivity index (χ0v) is 13.1. The predicted molar refractivity (Wildman–Crippen MR) is 86.1 cm³/mol. The maximum atomic E-state index is 12.9. The van der Waals surface area contributed by atoms with Gasteiger partial charge in [-0.1, -0.05) is 36.4 Å². The third-order valence-corrected chi connectivity index (χ3v) is 5.18. The summed E-state index contributed by atoms with van der Waals surface area (Å²) in [5, 5.41) is 0. The maximum absolute atomic E-state index is 12.9. The number of hydrogen-bond donors (Lipinski definition) is 0. The van der Waals surface area contributed by atoms with Crippen LogP contribution >= 0.6 is 0 Å². The third kappa shape index (κ3) is 1.97. The average Bonchev–Trinajstić information content (AvgIpc) is 2.91. The summed E-state index contributed by atoms with van der Waals surface area (Å²) in [7, 11) is 0. The first-order valence-corrected chi connectivity index (χ1v) is 7.65. The van der Waals surface area contributed by atoms with Gasteiger partial charge in [-0.05, 0) is 39.7 Å². The molecule has 110 valence electrons. The van der Waals surface area contributed by atoms with Crippen LogP contribution in [0.4, 0.5) is 0 Å². The van der Waals surface area contributed by atoms with E-state index in [4.69, 9.17) is 0 Å². The molecule has 1 aromatic carbocycles. The monoisotopic (exact) mass is 281 g/mol. The lowest BCUT2D eigenvalue weighted by Crippen LogP contribution is -2.49. The van der Waals surface area contributed by atoms with Crippen LogP contribution in [0, 0.1) is 5.92 Å². The third-order valence-electron chi connectivity index (χ3n) is 5.18. The normalized spacial score (nSPS) is 30.0. The van der Waals surface area contributed by atoms with E-state index in [1.165, 1.54) is 0 Å². The molecule has 0 saturated carbocycles. The van der Waals surface area contributed by atoms with Crippen LogP contribution in [0.1, 0.15) is 44.0 Å². The van der Waals surface area contributed by atoms with E-state index in [1.807, 2.05) is 36.4 Å². The van der Waals surface area contributed by atoms with Gasteiger partial charge in [-0.25, -0.2) is 0 Å². The number of nitrogens with zero attached hydrogens (tertiary/aromatic N) is 1. The summed E-state index contributed by atoms with van der Waals surface area (Å²) in [5.74, 6) is 0.364. The highest BCUT2D eigenvalue weighted by atomic mass is 16.1. The number of hydrogen-bond acceptors (Lipinski definition) is 2. The number of allylic oxidation sites excluding steroid dienone is 1. The second-order valence-corrected chi connectivity index (χ2v) is 7.01. The van der Waals surface area contributed by atoms with E-state index < -0.39 is 0 Å². The van der Waals surface area contributed by atoms with Gasteiger partial charge in [-0.2, -0.15) is 0 Å². The topological polar surface area (TPSA) is 20.3 Å². The van der Waals surface area contributed by atoms with Gasteiger partial charge in [0.2, 0.25) is 5.78 Å². The van der Waals surface area contributed by atoms with Crippen LogP contribution in [0.5, 0.6) is 0 Å². The van der Waals surface area contributed by atoms with E-state index in [-0.39, 0.29) is 22.8 Å². The molecule has 2 heterocycles. The van der Waals surface area contributed by atoms with Crippen LogP contribution < -0.4 is 0 Å². The fourth-order valence-corrected chi connectivity index (χ4v) is 4.05. The van der Waals surface area contributed by atoms with Gasteiger partial charge >= 0.3 is 0 Å². The zero-order valence-electron chi connectivity index (χ0n) is 13.1. The lowest BCUT2D eigenvalue weighted by Gasteiger charge is -2.42. The summed E-state index contributed by atoms with van der Waals surface area (Å²) in [5.41, 5.74) is 1.61. The van der Waals surface area contributed by atoms with Crippen molar-refractivity contribution in [2.24, 2.45) is 5.92 Å². The summed E-state index contributed by atoms with van der Waals surface area (Å²) in [6, 6.07) is 9.57. The lowest BCUT2D eigenvalue weighted by molar-refractivity contribution is 0.0829. The van der Waals surface area contributed by atoms with Gasteiger partial charge in [0.05, 0.1) is 5.70 Å². The smallest absolute Gasteiger partial charge is 0.208 e. The summed E-state index contributed by atoms with van der Waals surface area (Å²) in [6.45, 7) is 10.7. The molecule has 0 aromatic heterocycles. The second kappa shape index (κ2) is 4.59. The molecule has 0 radical (unpaired) electrons. The Kier molecular flexibility index (Phi) is 3.09. The van der Waals surface area contributed by atoms with Gasteiger partial charge in [0.25, 0.3) is 0 Å². The Morgan fingerprint density at radius 3 is 2.52 bits per heavy atom. The Morgan fingerprint density at radius 1 is 1.24 bits per heavy atom. The average molecular weight is 281 g/mol. The molecule has 0 spiro atoms. The summed E-state index contributed by atoms with van der Waals surface area (Å²) in [6.07, 6.45) is 6.30. The summed E-state index contributed by atoms with van der Waals surface area (Å²) >= 11 is 0. The van der Waals surface area contributed by atoms with Crippen molar-refractivity contribution in [3.8, 4) is 0 Å². The molecule has 2 nitrogen and oxygen atoms in total. The van der Waals surface area contributed by atoms with E-state index in [2.05, 4.69) is 38.3 Å². The molecule has 0 N–H and O–H groups in total. The minimum atomic E-state index is -0.00891. The lowest BCUT2D eigenvalue weighted by atomic mass is 9.86. The van der Waals surface area contributed by atoms with E-state index in [1.54, 1.807) is 0 Å². The first kappa shape index (κ1) is 14.1. The van der Waals surface area contributed by atoms with Gasteiger partial charge in [0.1, 0.15) is 0 Å². The van der Waals surface area contributed by atoms with Gasteiger partial charge < -0.3 is 4.90 Å². The number of carbonyl (C=O) groups excluding carboxylic acids is 1. The number of ketones is 1. The quantitative estimate of drug-likeness (QED) is 0.611. The van der Waals surface area contributed by atoms with Crippen molar-refractivity contribution in [1.29, 1.82) is 0 Å². The van der Waals surface area contributed by atoms with Crippen LogP contribution in [0.2, 0.25) is 0 Å². The molecule has 2 heteroatoms. The Labute approximate surface area is 127 Å². The zero-order chi connectivity index (χ0) is 15.3. The molecule has 0 amide bonds. The van der Waals surface area contributed by atoms with Crippen molar-refractivity contribution in [2.45, 2.75) is 44.7 Å². The fourth-order valence-electron chi connectivity index (χ4n) is 4.05. The van der Waals surface area contributed by atoms with Crippen LogP contribution in [0.25, 0.3) is 0 Å². The SMILES string of the molecule is C=CC1C=C(C(=O)c2ccccc2)N2C(C)(C)CCC12C. The fraction of sp³-hybridized carbons (Fsp3) is 0.421. The number of rotatable bonds is 3. The Bertz CT molecular complexity index is 614. The van der Waals surface area contributed by atoms with E-state index in [0.717, 1.165) is 24.1 Å². The number of fused-ring (bicyclic) bond motifs is 1. The van der Waals surface area contributed by atoms with Gasteiger partial charge in [0, 0.05) is 22.6 Å². The Balaban J connectivity index is 2.05. The van der Waals surface area contributed by atoms with Crippen molar-refractivity contribution < 1.29 is 4.79 Å². The second-order valence-electron chi connectivity index (χ2n) is 7.01. The minimum absolute atomic E-state index is 0.00891. The number of Topliss-reactive ketones (excluding diaryl/α,β-unsaturated/α-hetero) is 1. The maximum Gasteiger partial charge on any atom is 0.208 e. The molecule has 2 atom stereocenters. The van der Waals surface area contributed by atoms with E-state index >= 15 is 0 Å². The molecule has 1 aromatic rings. The predicted octanol–water partition coefficient (Wildman–Crippen LogP) is 4.20. The van der Waals surface area contributed by atoms with Crippen LogP contribution in [-0.2, 0) is 0 Å². The van der Waals surface area contributed by atoms with Crippen LogP contribution in [0.3, 0.4) is 0 Å². The van der Waals surface area contributed by atoms with Crippen LogP contribution in [0.15, 0.2) is 54.8 Å². The Hall–Kier alpha value is -1.83. The molecule has 2 unspecified atom stereocenters. The first-order chi connectivity index (χ1) is 9.90. The molecule has 1 saturated heterocycles. The molecular formula is C19H23NO. The molecular weight excluding hydrogens is 258 g/mol. The number of carbonyl (C=O) groups is 1. The van der Waals surface area contributed by atoms with Crippen molar-refractivity contribution >= 4 is 5.78 Å². The molecule has 0 aliphatic carbocycles. The van der Waals surface area contributed by atoms with Gasteiger partial charge in [0.15, 0.2) is 0 Å². The van der Waals surface area contributed by atoms with Crippen molar-refractivity contribution in [1.82, 2.24) is 4.90 Å².